The maximum atomic E-state index is 4.78. The smallest absolute Gasteiger partial charge is 0.245 e. The van der Waals surface area contributed by atoms with Gasteiger partial charge in [-0.15, -0.1) is 5.10 Å². The highest BCUT2D eigenvalue weighted by atomic mass is 15.3. The van der Waals surface area contributed by atoms with Crippen molar-refractivity contribution >= 4 is 5.95 Å². The minimum absolute atomic E-state index is 0.699. The van der Waals surface area contributed by atoms with Crippen molar-refractivity contribution in [2.24, 2.45) is 5.92 Å². The van der Waals surface area contributed by atoms with Gasteiger partial charge in [0, 0.05) is 13.1 Å². The molecular formula is C16H29N5. The Kier molecular flexibility index (Phi) is 6.36. The van der Waals surface area contributed by atoms with Crippen LogP contribution in [0.25, 0.3) is 0 Å². The van der Waals surface area contributed by atoms with Gasteiger partial charge in [0.1, 0.15) is 0 Å². The molecular weight excluding hydrogens is 262 g/mol. The lowest BCUT2D eigenvalue weighted by molar-refractivity contribution is 0.375. The highest BCUT2D eigenvalue weighted by Gasteiger charge is 2.19. The molecule has 0 bridgehead atoms. The number of rotatable bonds is 7. The summed E-state index contributed by atoms with van der Waals surface area (Å²) in [4.78, 5) is 7.10. The maximum Gasteiger partial charge on any atom is 0.245 e. The fraction of sp³-hybridized carbons (Fsp3) is 0.812. The largest absolute Gasteiger partial charge is 0.339 e. The second-order valence-corrected chi connectivity index (χ2v) is 5.87. The van der Waals surface area contributed by atoms with Crippen LogP contribution in [0.15, 0.2) is 0 Å². The van der Waals surface area contributed by atoms with Crippen molar-refractivity contribution in [1.82, 2.24) is 20.5 Å². The van der Waals surface area contributed by atoms with E-state index in [2.05, 4.69) is 41.2 Å². The number of anilines is 1. The Hall–Kier alpha value is -1.23. The third-order valence-electron chi connectivity index (χ3n) is 4.15. The zero-order valence-electron chi connectivity index (χ0n) is 13.7. The van der Waals surface area contributed by atoms with Crippen LogP contribution in [-0.2, 0) is 12.8 Å². The van der Waals surface area contributed by atoms with Crippen molar-refractivity contribution < 1.29 is 0 Å². The van der Waals surface area contributed by atoms with E-state index in [1.165, 1.54) is 12.8 Å². The van der Waals surface area contributed by atoms with Crippen LogP contribution < -0.4 is 10.2 Å². The molecule has 1 fully saturated rings. The average Bonchev–Trinajstić information content (AvgIpc) is 2.54. The summed E-state index contributed by atoms with van der Waals surface area (Å²) in [6, 6.07) is 0. The first-order valence-corrected chi connectivity index (χ1v) is 8.46. The van der Waals surface area contributed by atoms with Crippen molar-refractivity contribution in [1.29, 1.82) is 0 Å². The molecule has 0 aliphatic carbocycles. The monoisotopic (exact) mass is 291 g/mol. The van der Waals surface area contributed by atoms with Crippen LogP contribution in [0.4, 0.5) is 5.95 Å². The lowest BCUT2D eigenvalue weighted by Crippen LogP contribution is -2.39. The molecule has 118 valence electrons. The standard InChI is InChI=1S/C16H29N5/c1-4-10-21(12-13-8-7-9-17-11-13)16-18-14(5-2)15(6-3)19-20-16/h13,17H,4-12H2,1-3H3. The fourth-order valence-corrected chi connectivity index (χ4v) is 3.00. The second kappa shape index (κ2) is 8.27. The summed E-state index contributed by atoms with van der Waals surface area (Å²) in [5.74, 6) is 1.52. The molecule has 5 heteroatoms. The summed E-state index contributed by atoms with van der Waals surface area (Å²) in [6.07, 6.45) is 5.52. The summed E-state index contributed by atoms with van der Waals surface area (Å²) >= 11 is 0. The van der Waals surface area contributed by atoms with Crippen molar-refractivity contribution in [3.63, 3.8) is 0 Å². The van der Waals surface area contributed by atoms with Gasteiger partial charge in [0.25, 0.3) is 0 Å². The number of nitrogens with zero attached hydrogens (tertiary/aromatic N) is 4. The zero-order valence-corrected chi connectivity index (χ0v) is 13.7. The molecule has 0 spiro atoms. The van der Waals surface area contributed by atoms with Crippen LogP contribution in [0, 0.1) is 5.92 Å². The quantitative estimate of drug-likeness (QED) is 0.835. The highest BCUT2D eigenvalue weighted by molar-refractivity contribution is 5.30. The van der Waals surface area contributed by atoms with Gasteiger partial charge in [-0.3, -0.25) is 0 Å². The Balaban J connectivity index is 2.12. The zero-order chi connectivity index (χ0) is 15.1. The van der Waals surface area contributed by atoms with Crippen molar-refractivity contribution in [3.8, 4) is 0 Å². The van der Waals surface area contributed by atoms with E-state index < -0.39 is 0 Å². The predicted octanol–water partition coefficient (Wildman–Crippen LogP) is 2.21. The number of piperidine rings is 1. The number of hydrogen-bond donors (Lipinski definition) is 1. The molecule has 1 aliphatic heterocycles. The first-order valence-electron chi connectivity index (χ1n) is 8.46. The third-order valence-corrected chi connectivity index (χ3v) is 4.15. The van der Waals surface area contributed by atoms with E-state index >= 15 is 0 Å². The van der Waals surface area contributed by atoms with Gasteiger partial charge in [0.2, 0.25) is 5.95 Å². The predicted molar refractivity (Wildman–Crippen MR) is 86.7 cm³/mol. The SMILES string of the molecule is CCCN(CC1CCCNC1)c1nnc(CC)c(CC)n1. The van der Waals surface area contributed by atoms with Crippen LogP contribution >= 0.6 is 0 Å². The van der Waals surface area contributed by atoms with Gasteiger partial charge in [-0.2, -0.15) is 5.10 Å². The lowest BCUT2D eigenvalue weighted by atomic mass is 9.99. The van der Waals surface area contributed by atoms with Crippen LogP contribution in [0.5, 0.6) is 0 Å². The molecule has 2 rings (SSSR count). The molecule has 1 aromatic rings. The van der Waals surface area contributed by atoms with E-state index in [1.807, 2.05) is 0 Å². The number of aromatic nitrogens is 3. The molecule has 1 aromatic heterocycles. The average molecular weight is 291 g/mol. The number of hydrogen-bond acceptors (Lipinski definition) is 5. The Morgan fingerprint density at radius 3 is 2.57 bits per heavy atom. The molecule has 2 heterocycles. The third kappa shape index (κ3) is 4.37. The first kappa shape index (κ1) is 16.1. The first-order chi connectivity index (χ1) is 10.3. The van der Waals surface area contributed by atoms with Crippen molar-refractivity contribution in [2.75, 3.05) is 31.1 Å². The van der Waals surface area contributed by atoms with Gasteiger partial charge >= 0.3 is 0 Å². The molecule has 0 radical (unpaired) electrons. The Labute approximate surface area is 128 Å². The molecule has 0 aromatic carbocycles. The summed E-state index contributed by atoms with van der Waals surface area (Å²) < 4.78 is 0. The molecule has 5 nitrogen and oxygen atoms in total. The van der Waals surface area contributed by atoms with Gasteiger partial charge < -0.3 is 10.2 Å². The lowest BCUT2D eigenvalue weighted by Gasteiger charge is -2.30. The summed E-state index contributed by atoms with van der Waals surface area (Å²) in [7, 11) is 0. The molecule has 0 amide bonds. The summed E-state index contributed by atoms with van der Waals surface area (Å²) in [5, 5.41) is 12.3. The Morgan fingerprint density at radius 2 is 1.95 bits per heavy atom. The van der Waals surface area contributed by atoms with Crippen LogP contribution in [0.1, 0.15) is 51.4 Å². The molecule has 0 saturated carbocycles. The molecule has 1 N–H and O–H groups in total. The number of nitrogens with one attached hydrogen (secondary N) is 1. The van der Waals surface area contributed by atoms with Crippen molar-refractivity contribution in [3.05, 3.63) is 11.4 Å². The fourth-order valence-electron chi connectivity index (χ4n) is 3.00. The van der Waals surface area contributed by atoms with Gasteiger partial charge in [-0.1, -0.05) is 20.8 Å². The topological polar surface area (TPSA) is 53.9 Å². The highest BCUT2D eigenvalue weighted by Crippen LogP contribution is 2.17. The minimum atomic E-state index is 0.699. The van der Waals surface area contributed by atoms with E-state index in [1.54, 1.807) is 0 Å². The second-order valence-electron chi connectivity index (χ2n) is 5.87. The van der Waals surface area contributed by atoms with E-state index in [4.69, 9.17) is 4.98 Å². The van der Waals surface area contributed by atoms with Crippen LogP contribution in [0.2, 0.25) is 0 Å². The van der Waals surface area contributed by atoms with E-state index in [9.17, 15) is 0 Å². The molecule has 1 aliphatic rings. The maximum absolute atomic E-state index is 4.78. The molecule has 1 atom stereocenters. The normalized spacial score (nSPS) is 18.7. The van der Waals surface area contributed by atoms with Crippen LogP contribution in [-0.4, -0.2) is 41.4 Å². The van der Waals surface area contributed by atoms with Crippen LogP contribution in [0.3, 0.4) is 0 Å². The van der Waals surface area contributed by atoms with Gasteiger partial charge in [-0.05, 0) is 51.1 Å². The van der Waals surface area contributed by atoms with Crippen molar-refractivity contribution in [2.45, 2.75) is 52.9 Å². The number of aryl methyl sites for hydroxylation is 2. The van der Waals surface area contributed by atoms with E-state index in [0.29, 0.717) is 5.92 Å². The molecule has 1 saturated heterocycles. The summed E-state index contributed by atoms with van der Waals surface area (Å²) in [5.41, 5.74) is 2.14. The Bertz CT molecular complexity index is 429. The molecule has 21 heavy (non-hydrogen) atoms. The van der Waals surface area contributed by atoms with E-state index in [-0.39, 0.29) is 0 Å². The van der Waals surface area contributed by atoms with Gasteiger partial charge in [-0.25, -0.2) is 4.98 Å². The van der Waals surface area contributed by atoms with Gasteiger partial charge in [0.05, 0.1) is 11.4 Å². The minimum Gasteiger partial charge on any atom is -0.339 e. The van der Waals surface area contributed by atoms with Gasteiger partial charge in [0.15, 0.2) is 0 Å². The summed E-state index contributed by atoms with van der Waals surface area (Å²) in [6.45, 7) is 10.8. The Morgan fingerprint density at radius 1 is 1.14 bits per heavy atom. The van der Waals surface area contributed by atoms with E-state index in [0.717, 1.165) is 62.8 Å². The molecule has 1 unspecified atom stereocenters.